The Kier molecular flexibility index (Phi) is 5.20. The summed E-state index contributed by atoms with van der Waals surface area (Å²) in [6, 6.07) is 13.9. The maximum Gasteiger partial charge on any atom is 0.217 e. The molecule has 6 heteroatoms. The van der Waals surface area contributed by atoms with Gasteiger partial charge in [0.15, 0.2) is 0 Å². The predicted octanol–water partition coefficient (Wildman–Crippen LogP) is 3.58. The van der Waals surface area contributed by atoms with Crippen molar-refractivity contribution in [3.8, 4) is 0 Å². The summed E-state index contributed by atoms with van der Waals surface area (Å²) in [6.07, 6.45) is 4.43. The lowest BCUT2D eigenvalue weighted by molar-refractivity contribution is 0.255. The van der Waals surface area contributed by atoms with Crippen LogP contribution in [0.1, 0.15) is 53.4 Å². The second kappa shape index (κ2) is 7.74. The number of hydrogen-bond donors (Lipinski definition) is 1. The highest BCUT2D eigenvalue weighted by atomic mass is 32.2. The number of likely N-dealkylation sites (N-methyl/N-ethyl adjacent to an activating group) is 1. The van der Waals surface area contributed by atoms with Crippen LogP contribution >= 0.6 is 0 Å². The van der Waals surface area contributed by atoms with Gasteiger partial charge in [-0.25, -0.2) is 17.1 Å². The fraction of sp³-hybridized carbons (Fsp3) is 0.500. The van der Waals surface area contributed by atoms with Crippen LogP contribution in [0, 0.1) is 5.82 Å². The zero-order chi connectivity index (χ0) is 20.9. The lowest BCUT2D eigenvalue weighted by atomic mass is 9.87. The van der Waals surface area contributed by atoms with Crippen molar-refractivity contribution in [3.63, 3.8) is 0 Å². The summed E-state index contributed by atoms with van der Waals surface area (Å²) in [5, 5.41) is 3.30. The van der Waals surface area contributed by atoms with E-state index in [1.807, 2.05) is 13.1 Å². The molecule has 0 bridgehead atoms. The number of sulfonamides is 1. The first-order chi connectivity index (χ1) is 14.5. The Morgan fingerprint density at radius 3 is 2.60 bits per heavy atom. The molecular formula is C24H29FN2O2S. The Morgan fingerprint density at radius 2 is 1.93 bits per heavy atom. The van der Waals surface area contributed by atoms with Crippen LogP contribution in [0.5, 0.6) is 0 Å². The Hall–Kier alpha value is -1.76. The minimum Gasteiger partial charge on any atom is -0.316 e. The van der Waals surface area contributed by atoms with Gasteiger partial charge in [0.25, 0.3) is 0 Å². The molecule has 30 heavy (non-hydrogen) atoms. The summed E-state index contributed by atoms with van der Waals surface area (Å²) < 4.78 is 40.6. The first-order valence-corrected chi connectivity index (χ1v) is 12.5. The van der Waals surface area contributed by atoms with E-state index in [0.717, 1.165) is 37.7 Å². The van der Waals surface area contributed by atoms with E-state index in [0.29, 0.717) is 25.0 Å². The van der Waals surface area contributed by atoms with Crippen molar-refractivity contribution in [3.05, 3.63) is 70.5 Å². The van der Waals surface area contributed by atoms with Crippen molar-refractivity contribution >= 4 is 10.0 Å². The lowest BCUT2D eigenvalue weighted by Gasteiger charge is -2.42. The highest BCUT2D eigenvalue weighted by Crippen LogP contribution is 2.40. The number of benzene rings is 2. The van der Waals surface area contributed by atoms with E-state index in [4.69, 9.17) is 0 Å². The Balaban J connectivity index is 1.34. The van der Waals surface area contributed by atoms with Gasteiger partial charge in [-0.1, -0.05) is 36.8 Å². The summed E-state index contributed by atoms with van der Waals surface area (Å²) in [5.41, 5.74) is 4.92. The molecule has 5 rings (SSSR count). The molecule has 1 heterocycles. The molecule has 2 aromatic carbocycles. The smallest absolute Gasteiger partial charge is 0.217 e. The van der Waals surface area contributed by atoms with Crippen LogP contribution in [0.4, 0.5) is 4.39 Å². The minimum absolute atomic E-state index is 0.148. The van der Waals surface area contributed by atoms with E-state index in [9.17, 15) is 12.8 Å². The molecular weight excluding hydrogens is 399 g/mol. The Labute approximate surface area is 178 Å². The number of fused-ring (bicyclic) bond motifs is 1. The molecule has 2 aliphatic carbocycles. The standard InChI is InChI=1S/C24H29FN2O2S/c1-26-24-13-18-9-8-17(19-14-27(15-19)30(28,29)21-6-3-7-21)12-22(18)23(24)11-16-4-2-5-20(25)10-16/h2,4-5,8-10,12,19,21,23-24,26H,3,6-7,11,13-15H2,1H3. The molecule has 3 aliphatic rings. The van der Waals surface area contributed by atoms with Crippen molar-refractivity contribution < 1.29 is 12.8 Å². The van der Waals surface area contributed by atoms with E-state index >= 15 is 0 Å². The van der Waals surface area contributed by atoms with Gasteiger partial charge in [-0.15, -0.1) is 0 Å². The number of rotatable bonds is 6. The summed E-state index contributed by atoms with van der Waals surface area (Å²) in [5.74, 6) is 0.373. The molecule has 0 radical (unpaired) electrons. The van der Waals surface area contributed by atoms with Crippen LogP contribution < -0.4 is 5.32 Å². The third-order valence-corrected chi connectivity index (χ3v) is 9.69. The molecule has 0 aromatic heterocycles. The van der Waals surface area contributed by atoms with Crippen molar-refractivity contribution in [2.75, 3.05) is 20.1 Å². The van der Waals surface area contributed by atoms with Crippen LogP contribution in [0.25, 0.3) is 0 Å². The summed E-state index contributed by atoms with van der Waals surface area (Å²) in [6.45, 7) is 1.20. The van der Waals surface area contributed by atoms with Gasteiger partial charge in [0, 0.05) is 31.0 Å². The van der Waals surface area contributed by atoms with Gasteiger partial charge in [0.05, 0.1) is 5.25 Å². The van der Waals surface area contributed by atoms with E-state index in [1.165, 1.54) is 22.8 Å². The lowest BCUT2D eigenvalue weighted by Crippen LogP contribution is -2.52. The number of hydrogen-bond acceptors (Lipinski definition) is 3. The van der Waals surface area contributed by atoms with Crippen molar-refractivity contribution in [2.45, 2.75) is 55.2 Å². The Morgan fingerprint density at radius 1 is 1.13 bits per heavy atom. The molecule has 2 atom stereocenters. The average Bonchev–Trinajstić information content (AvgIpc) is 2.95. The molecule has 2 aromatic rings. The second-order valence-corrected chi connectivity index (χ2v) is 11.3. The topological polar surface area (TPSA) is 49.4 Å². The van der Waals surface area contributed by atoms with Crippen molar-refractivity contribution in [1.29, 1.82) is 0 Å². The molecule has 2 fully saturated rings. The number of nitrogens with zero attached hydrogens (tertiary/aromatic N) is 1. The highest BCUT2D eigenvalue weighted by molar-refractivity contribution is 7.89. The van der Waals surface area contributed by atoms with Crippen LogP contribution in [0.2, 0.25) is 0 Å². The zero-order valence-electron chi connectivity index (χ0n) is 17.4. The summed E-state index contributed by atoms with van der Waals surface area (Å²) in [4.78, 5) is 0. The Bertz CT molecular complexity index is 1040. The van der Waals surface area contributed by atoms with Gasteiger partial charge in [-0.3, -0.25) is 0 Å². The molecule has 1 N–H and O–H groups in total. The maximum absolute atomic E-state index is 13.7. The first kappa shape index (κ1) is 20.2. The van der Waals surface area contributed by atoms with Gasteiger partial charge < -0.3 is 5.32 Å². The fourth-order valence-corrected chi connectivity index (χ4v) is 7.33. The third-order valence-electron chi connectivity index (χ3n) is 7.36. The zero-order valence-corrected chi connectivity index (χ0v) is 18.2. The predicted molar refractivity (Wildman–Crippen MR) is 117 cm³/mol. The van der Waals surface area contributed by atoms with Crippen LogP contribution in [0.15, 0.2) is 42.5 Å². The molecule has 0 amide bonds. The monoisotopic (exact) mass is 428 g/mol. The average molecular weight is 429 g/mol. The number of halogens is 1. The number of nitrogens with one attached hydrogen (secondary N) is 1. The minimum atomic E-state index is -3.10. The van der Waals surface area contributed by atoms with Gasteiger partial charge >= 0.3 is 0 Å². The van der Waals surface area contributed by atoms with Gasteiger partial charge in [0.1, 0.15) is 5.82 Å². The largest absolute Gasteiger partial charge is 0.316 e. The molecule has 160 valence electrons. The molecule has 1 saturated carbocycles. The van der Waals surface area contributed by atoms with Crippen LogP contribution in [-0.4, -0.2) is 44.2 Å². The second-order valence-electron chi connectivity index (χ2n) is 9.11. The van der Waals surface area contributed by atoms with Gasteiger partial charge in [-0.2, -0.15) is 0 Å². The van der Waals surface area contributed by atoms with Crippen LogP contribution in [-0.2, 0) is 22.9 Å². The molecule has 0 spiro atoms. The quantitative estimate of drug-likeness (QED) is 0.765. The van der Waals surface area contributed by atoms with Crippen LogP contribution in [0.3, 0.4) is 0 Å². The molecule has 1 saturated heterocycles. The SMILES string of the molecule is CNC1Cc2ccc(C3CN(S(=O)(=O)C4CCC4)C3)cc2C1Cc1cccc(F)c1. The van der Waals surface area contributed by atoms with E-state index in [2.05, 4.69) is 23.5 Å². The highest BCUT2D eigenvalue weighted by Gasteiger charge is 2.43. The fourth-order valence-electron chi connectivity index (χ4n) is 5.20. The van der Waals surface area contributed by atoms with E-state index in [-0.39, 0.29) is 17.0 Å². The van der Waals surface area contributed by atoms with Gasteiger partial charge in [-0.05, 0) is 67.1 Å². The van der Waals surface area contributed by atoms with Crippen molar-refractivity contribution in [1.82, 2.24) is 9.62 Å². The van der Waals surface area contributed by atoms with E-state index in [1.54, 1.807) is 16.4 Å². The van der Waals surface area contributed by atoms with E-state index < -0.39 is 10.0 Å². The maximum atomic E-state index is 13.7. The molecule has 4 nitrogen and oxygen atoms in total. The van der Waals surface area contributed by atoms with Crippen molar-refractivity contribution in [2.24, 2.45) is 0 Å². The molecule has 2 unspecified atom stereocenters. The summed E-state index contributed by atoms with van der Waals surface area (Å²) >= 11 is 0. The summed E-state index contributed by atoms with van der Waals surface area (Å²) in [7, 11) is -1.11. The van der Waals surface area contributed by atoms with Gasteiger partial charge in [0.2, 0.25) is 10.0 Å². The molecule has 1 aliphatic heterocycles. The normalized spacial score (nSPS) is 25.0. The third kappa shape index (κ3) is 3.49. The first-order valence-electron chi connectivity index (χ1n) is 11.0.